The van der Waals surface area contributed by atoms with E-state index in [1.807, 2.05) is 44.2 Å². The Morgan fingerprint density at radius 2 is 1.65 bits per heavy atom. The largest absolute Gasteiger partial charge is 0.443 e. The predicted molar refractivity (Wildman–Crippen MR) is 117 cm³/mol. The Bertz CT molecular complexity index is 932. The number of aliphatic hydroxyl groups excluding tert-OH is 2. The van der Waals surface area contributed by atoms with Crippen molar-refractivity contribution in [3.63, 3.8) is 0 Å². The summed E-state index contributed by atoms with van der Waals surface area (Å²) >= 11 is 0. The molecule has 170 valence electrons. The number of sulfonamides is 1. The molecule has 0 aromatic heterocycles. The molecule has 0 bridgehead atoms. The zero-order chi connectivity index (χ0) is 23.0. The number of ether oxygens (including phenoxy) is 1. The van der Waals surface area contributed by atoms with Gasteiger partial charge in [0, 0.05) is 19.5 Å². The van der Waals surface area contributed by atoms with E-state index < -0.39 is 28.3 Å². The summed E-state index contributed by atoms with van der Waals surface area (Å²) in [5.74, 6) is -0.0108. The molecule has 0 aliphatic heterocycles. The zero-order valence-electron chi connectivity index (χ0n) is 17.7. The number of primary amides is 1. The maximum absolute atomic E-state index is 13.2. The van der Waals surface area contributed by atoms with Crippen molar-refractivity contribution in [2.45, 2.75) is 44.0 Å². The maximum atomic E-state index is 13.2. The Morgan fingerprint density at radius 1 is 1.03 bits per heavy atom. The lowest BCUT2D eigenvalue weighted by Crippen LogP contribution is -2.46. The minimum atomic E-state index is -3.93. The molecule has 1 amide bonds. The van der Waals surface area contributed by atoms with Gasteiger partial charge in [-0.15, -0.1) is 0 Å². The van der Waals surface area contributed by atoms with Crippen molar-refractivity contribution >= 4 is 16.1 Å². The van der Waals surface area contributed by atoms with E-state index in [0.29, 0.717) is 5.56 Å². The Labute approximate surface area is 183 Å². The number of carbonyl (C=O) groups is 1. The molecule has 0 heterocycles. The standard InChI is InChI=1S/C22H30N2O6S/c1-16(2)13-24(31(28,29)19-10-8-18(15-25)9-11-19)14-20(26)21(30-22(23)27)12-17-6-4-3-5-7-17/h3-11,16,20-21,25-26H,12-15H2,1-2H3,(H2,23,27)/t20-,21+/m1/s1. The average molecular weight is 451 g/mol. The molecule has 0 radical (unpaired) electrons. The fraction of sp³-hybridized carbons (Fsp3) is 0.409. The van der Waals surface area contributed by atoms with Crippen LogP contribution >= 0.6 is 0 Å². The average Bonchev–Trinajstić information content (AvgIpc) is 2.73. The van der Waals surface area contributed by atoms with Crippen molar-refractivity contribution < 1.29 is 28.2 Å². The summed E-state index contributed by atoms with van der Waals surface area (Å²) in [5.41, 5.74) is 6.58. The van der Waals surface area contributed by atoms with E-state index in [0.717, 1.165) is 5.56 Å². The number of nitrogens with two attached hydrogens (primary N) is 1. The highest BCUT2D eigenvalue weighted by Crippen LogP contribution is 2.20. The zero-order valence-corrected chi connectivity index (χ0v) is 18.5. The van der Waals surface area contributed by atoms with Crippen LogP contribution in [0.15, 0.2) is 59.5 Å². The highest BCUT2D eigenvalue weighted by Gasteiger charge is 2.32. The molecule has 0 spiro atoms. The van der Waals surface area contributed by atoms with Gasteiger partial charge in [0.05, 0.1) is 11.5 Å². The first-order valence-corrected chi connectivity index (χ1v) is 11.5. The van der Waals surface area contributed by atoms with Crippen LogP contribution < -0.4 is 5.73 Å². The summed E-state index contributed by atoms with van der Waals surface area (Å²) < 4.78 is 32.7. The third-order valence-corrected chi connectivity index (χ3v) is 6.53. The minimum Gasteiger partial charge on any atom is -0.443 e. The summed E-state index contributed by atoms with van der Waals surface area (Å²) in [6.07, 6.45) is -3.16. The fourth-order valence-corrected chi connectivity index (χ4v) is 4.79. The van der Waals surface area contributed by atoms with E-state index in [1.54, 1.807) is 0 Å². The molecule has 0 unspecified atom stereocenters. The van der Waals surface area contributed by atoms with Gasteiger partial charge in [0.15, 0.2) is 0 Å². The highest BCUT2D eigenvalue weighted by atomic mass is 32.2. The quantitative estimate of drug-likeness (QED) is 0.479. The number of nitrogens with zero attached hydrogens (tertiary/aromatic N) is 1. The Balaban J connectivity index is 2.27. The summed E-state index contributed by atoms with van der Waals surface area (Å²) in [6, 6.07) is 15.0. The second-order valence-electron chi connectivity index (χ2n) is 7.75. The molecule has 2 rings (SSSR count). The first-order valence-electron chi connectivity index (χ1n) is 10.0. The minimum absolute atomic E-state index is 0.0108. The van der Waals surface area contributed by atoms with Crippen molar-refractivity contribution in [3.8, 4) is 0 Å². The van der Waals surface area contributed by atoms with Gasteiger partial charge in [-0.05, 0) is 29.2 Å². The second-order valence-corrected chi connectivity index (χ2v) is 9.69. The summed E-state index contributed by atoms with van der Waals surface area (Å²) in [7, 11) is -3.93. The van der Waals surface area contributed by atoms with Crippen LogP contribution in [-0.4, -0.2) is 54.3 Å². The van der Waals surface area contributed by atoms with Crippen LogP contribution in [-0.2, 0) is 27.8 Å². The SMILES string of the molecule is CC(C)CN(C[C@@H](O)[C@H](Cc1ccccc1)OC(N)=O)S(=O)(=O)c1ccc(CO)cc1. The smallest absolute Gasteiger partial charge is 0.404 e. The fourth-order valence-electron chi connectivity index (χ4n) is 3.17. The van der Waals surface area contributed by atoms with Crippen molar-refractivity contribution in [2.75, 3.05) is 13.1 Å². The van der Waals surface area contributed by atoms with Crippen LogP contribution in [0.5, 0.6) is 0 Å². The molecule has 0 saturated heterocycles. The molecule has 9 heteroatoms. The van der Waals surface area contributed by atoms with E-state index >= 15 is 0 Å². The van der Waals surface area contributed by atoms with Gasteiger partial charge in [-0.2, -0.15) is 4.31 Å². The number of rotatable bonds is 11. The summed E-state index contributed by atoms with van der Waals surface area (Å²) in [4.78, 5) is 11.4. The van der Waals surface area contributed by atoms with Gasteiger partial charge in [-0.25, -0.2) is 13.2 Å². The first kappa shape index (κ1) is 24.8. The van der Waals surface area contributed by atoms with Crippen molar-refractivity contribution in [2.24, 2.45) is 11.7 Å². The van der Waals surface area contributed by atoms with Crippen molar-refractivity contribution in [1.82, 2.24) is 4.31 Å². The van der Waals surface area contributed by atoms with E-state index in [1.165, 1.54) is 28.6 Å². The normalized spacial score (nSPS) is 13.9. The Hall–Kier alpha value is -2.46. The van der Waals surface area contributed by atoms with Crippen molar-refractivity contribution in [3.05, 3.63) is 65.7 Å². The molecular weight excluding hydrogens is 420 g/mol. The van der Waals surface area contributed by atoms with Crippen LogP contribution in [0.2, 0.25) is 0 Å². The van der Waals surface area contributed by atoms with Gasteiger partial charge in [0.1, 0.15) is 12.2 Å². The van der Waals surface area contributed by atoms with Gasteiger partial charge < -0.3 is 20.7 Å². The number of benzene rings is 2. The Morgan fingerprint density at radius 3 is 2.16 bits per heavy atom. The van der Waals surface area contributed by atoms with Gasteiger partial charge >= 0.3 is 6.09 Å². The van der Waals surface area contributed by atoms with Crippen LogP contribution in [0.1, 0.15) is 25.0 Å². The molecule has 0 saturated carbocycles. The Kier molecular flexibility index (Phi) is 9.00. The molecule has 0 fully saturated rings. The second kappa shape index (κ2) is 11.2. The number of carbonyl (C=O) groups excluding carboxylic acids is 1. The van der Waals surface area contributed by atoms with Gasteiger partial charge in [0.2, 0.25) is 10.0 Å². The molecule has 2 aromatic carbocycles. The lowest BCUT2D eigenvalue weighted by molar-refractivity contribution is -0.00189. The monoisotopic (exact) mass is 450 g/mol. The van der Waals surface area contributed by atoms with E-state index in [2.05, 4.69) is 0 Å². The third kappa shape index (κ3) is 7.32. The lowest BCUT2D eigenvalue weighted by atomic mass is 10.0. The first-order chi connectivity index (χ1) is 14.6. The number of hydrogen-bond donors (Lipinski definition) is 3. The van der Waals surface area contributed by atoms with Crippen molar-refractivity contribution in [1.29, 1.82) is 0 Å². The van der Waals surface area contributed by atoms with Gasteiger partial charge in [-0.1, -0.05) is 56.3 Å². The number of hydrogen-bond acceptors (Lipinski definition) is 6. The van der Waals surface area contributed by atoms with Crippen LogP contribution in [0.4, 0.5) is 4.79 Å². The number of amides is 1. The molecule has 0 aliphatic carbocycles. The van der Waals surface area contributed by atoms with E-state index in [-0.39, 0.29) is 36.9 Å². The van der Waals surface area contributed by atoms with Crippen LogP contribution in [0, 0.1) is 5.92 Å². The summed E-state index contributed by atoms with van der Waals surface area (Å²) in [5, 5.41) is 20.0. The molecular formula is C22H30N2O6S. The molecule has 2 atom stereocenters. The molecule has 31 heavy (non-hydrogen) atoms. The maximum Gasteiger partial charge on any atom is 0.404 e. The van der Waals surface area contributed by atoms with E-state index in [9.17, 15) is 23.4 Å². The summed E-state index contributed by atoms with van der Waals surface area (Å²) in [6.45, 7) is 3.43. The molecule has 0 aliphatic rings. The third-order valence-electron chi connectivity index (χ3n) is 4.68. The molecule has 2 aromatic rings. The topological polar surface area (TPSA) is 130 Å². The number of aliphatic hydroxyl groups is 2. The highest BCUT2D eigenvalue weighted by molar-refractivity contribution is 7.89. The van der Waals surface area contributed by atoms with Gasteiger partial charge in [-0.3, -0.25) is 0 Å². The lowest BCUT2D eigenvalue weighted by Gasteiger charge is -2.29. The molecule has 8 nitrogen and oxygen atoms in total. The molecule has 4 N–H and O–H groups in total. The van der Waals surface area contributed by atoms with E-state index in [4.69, 9.17) is 10.5 Å². The van der Waals surface area contributed by atoms with Crippen LogP contribution in [0.3, 0.4) is 0 Å². The van der Waals surface area contributed by atoms with Crippen LogP contribution in [0.25, 0.3) is 0 Å². The van der Waals surface area contributed by atoms with Gasteiger partial charge in [0.25, 0.3) is 0 Å². The predicted octanol–water partition coefficient (Wildman–Crippen LogP) is 1.89.